The molecule has 1 aromatic heterocycles. The summed E-state index contributed by atoms with van der Waals surface area (Å²) < 4.78 is 10.8. The van der Waals surface area contributed by atoms with Gasteiger partial charge in [0.15, 0.2) is 5.96 Å². The number of hydrogen-bond acceptors (Lipinski definition) is 4. The molecule has 2 N–H and O–H groups in total. The largest absolute Gasteiger partial charge is 0.467 e. The average molecular weight is 437 g/mol. The number of furan rings is 1. The molecule has 1 fully saturated rings. The van der Waals surface area contributed by atoms with Crippen LogP contribution in [0.2, 0.25) is 0 Å². The lowest BCUT2D eigenvalue weighted by molar-refractivity contribution is 0.115. The van der Waals surface area contributed by atoms with E-state index in [0.717, 1.165) is 31.6 Å². The summed E-state index contributed by atoms with van der Waals surface area (Å²) in [7, 11) is 1.97. The number of aliphatic imine (C=N–C) groups is 1. The Morgan fingerprint density at radius 3 is 2.96 bits per heavy atom. The molecule has 0 saturated heterocycles. The van der Waals surface area contributed by atoms with Gasteiger partial charge < -0.3 is 24.5 Å². The van der Waals surface area contributed by atoms with Crippen LogP contribution in [0.4, 0.5) is 0 Å². The minimum Gasteiger partial charge on any atom is -0.467 e. The Bertz CT molecular complexity index is 449. The fourth-order valence-corrected chi connectivity index (χ4v) is 2.06. The number of ether oxygens (including phenoxy) is 1. The van der Waals surface area contributed by atoms with Gasteiger partial charge in [-0.15, -0.1) is 24.0 Å². The lowest BCUT2D eigenvalue weighted by Gasteiger charge is -2.22. The van der Waals surface area contributed by atoms with E-state index in [9.17, 15) is 5.11 Å². The molecule has 2 rings (SSSR count). The highest BCUT2D eigenvalue weighted by Gasteiger charge is 2.21. The second-order valence-electron chi connectivity index (χ2n) is 5.67. The van der Waals surface area contributed by atoms with Crippen LogP contribution >= 0.6 is 24.0 Å². The molecule has 6 nitrogen and oxygen atoms in total. The number of rotatable bonds is 9. The molecule has 23 heavy (non-hydrogen) atoms. The van der Waals surface area contributed by atoms with Crippen molar-refractivity contribution < 1.29 is 14.3 Å². The van der Waals surface area contributed by atoms with Gasteiger partial charge in [0, 0.05) is 26.7 Å². The van der Waals surface area contributed by atoms with Gasteiger partial charge in [-0.05, 0) is 37.8 Å². The van der Waals surface area contributed by atoms with E-state index in [0.29, 0.717) is 12.4 Å². The molecule has 0 spiro atoms. The van der Waals surface area contributed by atoms with E-state index in [2.05, 4.69) is 10.3 Å². The molecule has 0 aromatic carbocycles. The van der Waals surface area contributed by atoms with Gasteiger partial charge in [0.25, 0.3) is 0 Å². The minimum atomic E-state index is -0.719. The average Bonchev–Trinajstić information content (AvgIpc) is 3.17. The lowest BCUT2D eigenvalue weighted by atomic mass is 10.3. The number of aliphatic hydroxyl groups excluding tert-OH is 1. The topological polar surface area (TPSA) is 70.2 Å². The van der Waals surface area contributed by atoms with E-state index < -0.39 is 6.10 Å². The summed E-state index contributed by atoms with van der Waals surface area (Å²) in [5, 5.41) is 13.2. The number of hydrogen-bond donors (Lipinski definition) is 2. The van der Waals surface area contributed by atoms with E-state index in [1.807, 2.05) is 18.9 Å². The molecule has 0 amide bonds. The Morgan fingerprint density at radius 1 is 1.57 bits per heavy atom. The Kier molecular flexibility index (Phi) is 9.57. The highest BCUT2D eigenvalue weighted by molar-refractivity contribution is 14.0. The third kappa shape index (κ3) is 7.54. The fourth-order valence-electron chi connectivity index (χ4n) is 2.06. The van der Waals surface area contributed by atoms with Gasteiger partial charge in [-0.3, -0.25) is 0 Å². The second-order valence-corrected chi connectivity index (χ2v) is 5.67. The van der Waals surface area contributed by atoms with E-state index in [-0.39, 0.29) is 30.5 Å². The first-order chi connectivity index (χ1) is 10.7. The van der Waals surface area contributed by atoms with Gasteiger partial charge >= 0.3 is 0 Å². The molecule has 1 unspecified atom stereocenters. The van der Waals surface area contributed by atoms with E-state index in [4.69, 9.17) is 9.15 Å². The molecule has 0 bridgehead atoms. The summed E-state index contributed by atoms with van der Waals surface area (Å²) in [6.07, 6.45) is 3.45. The number of halogens is 1. The van der Waals surface area contributed by atoms with E-state index in [1.54, 1.807) is 18.4 Å². The molecular formula is C16H28IN3O3. The SMILES string of the molecule is CCNC(=NCC(O)c1ccco1)N(C)CCOCC1CC1.I. The number of nitrogens with one attached hydrogen (secondary N) is 1. The van der Waals surface area contributed by atoms with Crippen LogP contribution in [0.3, 0.4) is 0 Å². The van der Waals surface area contributed by atoms with Crippen molar-refractivity contribution in [2.75, 3.05) is 39.9 Å². The van der Waals surface area contributed by atoms with Crippen molar-refractivity contribution in [3.05, 3.63) is 24.2 Å². The highest BCUT2D eigenvalue weighted by Crippen LogP contribution is 2.28. The summed E-state index contributed by atoms with van der Waals surface area (Å²) in [6, 6.07) is 3.51. The molecule has 0 radical (unpaired) electrons. The zero-order valence-corrected chi connectivity index (χ0v) is 16.2. The predicted octanol–water partition coefficient (Wildman–Crippen LogP) is 2.25. The first kappa shape index (κ1) is 20.2. The van der Waals surface area contributed by atoms with Crippen molar-refractivity contribution in [2.45, 2.75) is 25.9 Å². The van der Waals surface area contributed by atoms with Gasteiger partial charge in [-0.2, -0.15) is 0 Å². The number of nitrogens with zero attached hydrogens (tertiary/aromatic N) is 2. The van der Waals surface area contributed by atoms with Gasteiger partial charge in [0.2, 0.25) is 0 Å². The standard InChI is InChI=1S/C16H27N3O3.HI/c1-3-17-16(18-11-14(20)15-5-4-9-22-15)19(2)8-10-21-12-13-6-7-13;/h4-5,9,13-14,20H,3,6-8,10-12H2,1-2H3,(H,17,18);1H. The Balaban J connectivity index is 0.00000264. The van der Waals surface area contributed by atoms with Crippen LogP contribution in [0, 0.1) is 5.92 Å². The van der Waals surface area contributed by atoms with E-state index in [1.165, 1.54) is 12.8 Å². The number of aliphatic hydroxyl groups is 1. The molecule has 1 heterocycles. The van der Waals surface area contributed by atoms with Crippen LogP contribution in [0.15, 0.2) is 27.8 Å². The van der Waals surface area contributed by atoms with Gasteiger partial charge in [0.05, 0.1) is 19.4 Å². The predicted molar refractivity (Wildman–Crippen MR) is 101 cm³/mol. The molecule has 0 aliphatic heterocycles. The Hall–Kier alpha value is -0.800. The first-order valence-electron chi connectivity index (χ1n) is 7.99. The summed E-state index contributed by atoms with van der Waals surface area (Å²) in [5.74, 6) is 2.09. The maximum absolute atomic E-state index is 10.0. The minimum absolute atomic E-state index is 0. The summed E-state index contributed by atoms with van der Waals surface area (Å²) in [6.45, 7) is 5.41. The van der Waals surface area contributed by atoms with Crippen molar-refractivity contribution in [3.63, 3.8) is 0 Å². The van der Waals surface area contributed by atoms with Crippen LogP contribution in [0.5, 0.6) is 0 Å². The van der Waals surface area contributed by atoms with Crippen molar-refractivity contribution >= 4 is 29.9 Å². The number of likely N-dealkylation sites (N-methyl/N-ethyl adjacent to an activating group) is 1. The Labute approximate surface area is 155 Å². The molecule has 1 saturated carbocycles. The maximum atomic E-state index is 10.0. The first-order valence-corrected chi connectivity index (χ1v) is 7.99. The molecule has 7 heteroatoms. The van der Waals surface area contributed by atoms with Crippen LogP contribution < -0.4 is 5.32 Å². The quantitative estimate of drug-likeness (QED) is 0.269. The van der Waals surface area contributed by atoms with Crippen molar-refractivity contribution in [2.24, 2.45) is 10.9 Å². The molecule has 1 atom stereocenters. The third-order valence-corrected chi connectivity index (χ3v) is 3.60. The lowest BCUT2D eigenvalue weighted by Crippen LogP contribution is -2.40. The maximum Gasteiger partial charge on any atom is 0.193 e. The zero-order valence-electron chi connectivity index (χ0n) is 13.9. The third-order valence-electron chi connectivity index (χ3n) is 3.60. The molecular weight excluding hydrogens is 409 g/mol. The Morgan fingerprint density at radius 2 is 2.35 bits per heavy atom. The smallest absolute Gasteiger partial charge is 0.193 e. The molecule has 132 valence electrons. The fraction of sp³-hybridized carbons (Fsp3) is 0.688. The normalized spacial score (nSPS) is 15.9. The molecule has 1 aromatic rings. The van der Waals surface area contributed by atoms with Crippen molar-refractivity contribution in [1.82, 2.24) is 10.2 Å². The van der Waals surface area contributed by atoms with Crippen LogP contribution in [-0.4, -0.2) is 55.9 Å². The zero-order chi connectivity index (χ0) is 15.8. The highest BCUT2D eigenvalue weighted by atomic mass is 127. The van der Waals surface area contributed by atoms with Crippen LogP contribution in [-0.2, 0) is 4.74 Å². The van der Waals surface area contributed by atoms with Crippen LogP contribution in [0.1, 0.15) is 31.6 Å². The van der Waals surface area contributed by atoms with Gasteiger partial charge in [-0.1, -0.05) is 0 Å². The van der Waals surface area contributed by atoms with Crippen LogP contribution in [0.25, 0.3) is 0 Å². The van der Waals surface area contributed by atoms with Crippen molar-refractivity contribution in [3.8, 4) is 0 Å². The molecule has 1 aliphatic rings. The number of guanidine groups is 1. The summed E-state index contributed by atoms with van der Waals surface area (Å²) in [4.78, 5) is 6.48. The molecule has 1 aliphatic carbocycles. The van der Waals surface area contributed by atoms with Gasteiger partial charge in [-0.25, -0.2) is 4.99 Å². The van der Waals surface area contributed by atoms with E-state index >= 15 is 0 Å². The second kappa shape index (κ2) is 10.9. The summed E-state index contributed by atoms with van der Waals surface area (Å²) >= 11 is 0. The van der Waals surface area contributed by atoms with Crippen molar-refractivity contribution in [1.29, 1.82) is 0 Å². The monoisotopic (exact) mass is 437 g/mol. The summed E-state index contributed by atoms with van der Waals surface area (Å²) in [5.41, 5.74) is 0. The van der Waals surface area contributed by atoms with Gasteiger partial charge in [0.1, 0.15) is 11.9 Å².